The van der Waals surface area contributed by atoms with Gasteiger partial charge >= 0.3 is 0 Å². The number of fused-ring (bicyclic) bond motifs is 1. The Kier molecular flexibility index (Phi) is 6.06. The SMILES string of the molecule is CC(C)[C@@H](c1nnnn1C[C@@H]1CCCO1)N1CCN(Cc2ccc3c(c2)OCO3)CC1. The molecule has 4 heterocycles. The summed E-state index contributed by atoms with van der Waals surface area (Å²) in [6, 6.07) is 6.46. The number of nitrogens with zero attached hydrogens (tertiary/aromatic N) is 6. The molecule has 0 spiro atoms. The van der Waals surface area contributed by atoms with Gasteiger partial charge in [-0.25, -0.2) is 4.68 Å². The van der Waals surface area contributed by atoms with Crippen molar-refractivity contribution in [2.24, 2.45) is 5.92 Å². The van der Waals surface area contributed by atoms with Gasteiger partial charge in [0.25, 0.3) is 0 Å². The van der Waals surface area contributed by atoms with E-state index in [0.29, 0.717) is 12.7 Å². The van der Waals surface area contributed by atoms with Crippen LogP contribution in [0.25, 0.3) is 0 Å². The molecule has 0 amide bonds. The van der Waals surface area contributed by atoms with E-state index in [0.717, 1.165) is 76.0 Å². The summed E-state index contributed by atoms with van der Waals surface area (Å²) in [5.74, 6) is 3.09. The fraction of sp³-hybridized carbons (Fsp3) is 0.682. The molecule has 0 unspecified atom stereocenters. The average molecular weight is 429 g/mol. The molecule has 1 aromatic carbocycles. The van der Waals surface area contributed by atoms with Gasteiger partial charge in [0.15, 0.2) is 17.3 Å². The van der Waals surface area contributed by atoms with Crippen LogP contribution in [0.1, 0.15) is 44.1 Å². The summed E-state index contributed by atoms with van der Waals surface area (Å²) < 4.78 is 18.7. The maximum absolute atomic E-state index is 5.81. The number of piperazine rings is 1. The molecule has 2 saturated heterocycles. The normalized spacial score (nSPS) is 23.0. The molecular formula is C22H32N6O3. The van der Waals surface area contributed by atoms with Crippen LogP contribution in [0.3, 0.4) is 0 Å². The summed E-state index contributed by atoms with van der Waals surface area (Å²) in [7, 11) is 0. The first-order chi connectivity index (χ1) is 15.2. The summed E-state index contributed by atoms with van der Waals surface area (Å²) >= 11 is 0. The second-order valence-electron chi connectivity index (χ2n) is 9.04. The van der Waals surface area contributed by atoms with Crippen molar-refractivity contribution in [2.45, 2.75) is 51.9 Å². The summed E-state index contributed by atoms with van der Waals surface area (Å²) in [4.78, 5) is 5.04. The van der Waals surface area contributed by atoms with Gasteiger partial charge in [0.1, 0.15) is 0 Å². The molecule has 9 heteroatoms. The van der Waals surface area contributed by atoms with Crippen molar-refractivity contribution in [1.29, 1.82) is 0 Å². The Bertz CT molecular complexity index is 874. The fourth-order valence-electron chi connectivity index (χ4n) is 4.91. The van der Waals surface area contributed by atoms with Gasteiger partial charge in [-0.05, 0) is 46.9 Å². The van der Waals surface area contributed by atoms with Crippen molar-refractivity contribution in [3.63, 3.8) is 0 Å². The van der Waals surface area contributed by atoms with Crippen LogP contribution in [0, 0.1) is 5.92 Å². The van der Waals surface area contributed by atoms with Gasteiger partial charge in [-0.3, -0.25) is 9.80 Å². The van der Waals surface area contributed by atoms with Crippen molar-refractivity contribution < 1.29 is 14.2 Å². The highest BCUT2D eigenvalue weighted by Gasteiger charge is 2.32. The Hall–Kier alpha value is -2.23. The molecule has 3 aliphatic rings. The number of rotatable bonds is 7. The predicted octanol–water partition coefficient (Wildman–Crippen LogP) is 2.10. The van der Waals surface area contributed by atoms with Crippen molar-refractivity contribution in [3.05, 3.63) is 29.6 Å². The average Bonchev–Trinajstić information content (AvgIpc) is 3.52. The molecule has 0 aliphatic carbocycles. The highest BCUT2D eigenvalue weighted by atomic mass is 16.7. The molecule has 0 saturated carbocycles. The third-order valence-electron chi connectivity index (χ3n) is 6.50. The van der Waals surface area contributed by atoms with E-state index in [1.165, 1.54) is 5.56 Å². The molecule has 2 aromatic rings. The second kappa shape index (κ2) is 9.10. The van der Waals surface area contributed by atoms with E-state index in [9.17, 15) is 0 Å². The van der Waals surface area contributed by atoms with Crippen LogP contribution in [0.5, 0.6) is 11.5 Å². The van der Waals surface area contributed by atoms with E-state index in [2.05, 4.69) is 51.3 Å². The van der Waals surface area contributed by atoms with Gasteiger partial charge < -0.3 is 14.2 Å². The number of aromatic nitrogens is 4. The molecule has 1 aromatic heterocycles. The first-order valence-electron chi connectivity index (χ1n) is 11.4. The topological polar surface area (TPSA) is 77.8 Å². The van der Waals surface area contributed by atoms with E-state index in [4.69, 9.17) is 14.2 Å². The maximum Gasteiger partial charge on any atom is 0.231 e. The van der Waals surface area contributed by atoms with Crippen molar-refractivity contribution in [3.8, 4) is 11.5 Å². The van der Waals surface area contributed by atoms with Gasteiger partial charge in [-0.2, -0.15) is 0 Å². The lowest BCUT2D eigenvalue weighted by molar-refractivity contribution is 0.0607. The Morgan fingerprint density at radius 3 is 2.71 bits per heavy atom. The van der Waals surface area contributed by atoms with Crippen LogP contribution in [0.4, 0.5) is 0 Å². The van der Waals surface area contributed by atoms with E-state index >= 15 is 0 Å². The van der Waals surface area contributed by atoms with Crippen LogP contribution in [0.2, 0.25) is 0 Å². The number of ether oxygens (including phenoxy) is 3. The van der Waals surface area contributed by atoms with E-state index < -0.39 is 0 Å². The van der Waals surface area contributed by atoms with Crippen molar-refractivity contribution >= 4 is 0 Å². The zero-order valence-corrected chi connectivity index (χ0v) is 18.4. The third kappa shape index (κ3) is 4.53. The largest absolute Gasteiger partial charge is 0.454 e. The van der Waals surface area contributed by atoms with Gasteiger partial charge in [0.2, 0.25) is 6.79 Å². The fourth-order valence-corrected chi connectivity index (χ4v) is 4.91. The van der Waals surface area contributed by atoms with Crippen molar-refractivity contribution in [2.75, 3.05) is 39.6 Å². The summed E-state index contributed by atoms with van der Waals surface area (Å²) in [6.07, 6.45) is 2.44. The van der Waals surface area contributed by atoms with Gasteiger partial charge in [-0.1, -0.05) is 19.9 Å². The minimum atomic E-state index is 0.212. The van der Waals surface area contributed by atoms with Crippen LogP contribution in [0.15, 0.2) is 18.2 Å². The van der Waals surface area contributed by atoms with Crippen LogP contribution in [-0.4, -0.2) is 75.7 Å². The van der Waals surface area contributed by atoms with Crippen LogP contribution in [-0.2, 0) is 17.8 Å². The van der Waals surface area contributed by atoms with E-state index in [1.807, 2.05) is 10.7 Å². The quantitative estimate of drug-likeness (QED) is 0.664. The van der Waals surface area contributed by atoms with Gasteiger partial charge in [-0.15, -0.1) is 5.10 Å². The highest BCUT2D eigenvalue weighted by Crippen LogP contribution is 2.33. The monoisotopic (exact) mass is 428 g/mol. The maximum atomic E-state index is 5.81. The molecule has 31 heavy (non-hydrogen) atoms. The first-order valence-corrected chi connectivity index (χ1v) is 11.4. The zero-order chi connectivity index (χ0) is 21.2. The lowest BCUT2D eigenvalue weighted by atomic mass is 10.0. The third-order valence-corrected chi connectivity index (χ3v) is 6.50. The lowest BCUT2D eigenvalue weighted by Gasteiger charge is -2.40. The summed E-state index contributed by atoms with van der Waals surface area (Å²) in [6.45, 7) is 11.4. The van der Waals surface area contributed by atoms with Crippen molar-refractivity contribution in [1.82, 2.24) is 30.0 Å². The number of benzene rings is 1. The van der Waals surface area contributed by atoms with E-state index in [1.54, 1.807) is 0 Å². The Morgan fingerprint density at radius 1 is 1.10 bits per heavy atom. The minimum absolute atomic E-state index is 0.212. The molecule has 0 radical (unpaired) electrons. The van der Waals surface area contributed by atoms with Crippen LogP contribution >= 0.6 is 0 Å². The molecule has 0 N–H and O–H groups in total. The Morgan fingerprint density at radius 2 is 1.94 bits per heavy atom. The smallest absolute Gasteiger partial charge is 0.231 e. The standard InChI is InChI=1S/C22H32N6O3/c1-16(2)21(22-23-24-25-28(22)14-18-4-3-11-29-18)27-9-7-26(8-10-27)13-17-5-6-19-20(12-17)31-15-30-19/h5-6,12,16,18,21H,3-4,7-11,13-15H2,1-2H3/t18-,21-/m0/s1. The molecular weight excluding hydrogens is 396 g/mol. The highest BCUT2D eigenvalue weighted by molar-refractivity contribution is 5.44. The molecule has 2 atom stereocenters. The molecule has 0 bridgehead atoms. The molecule has 2 fully saturated rings. The zero-order valence-electron chi connectivity index (χ0n) is 18.4. The molecule has 168 valence electrons. The molecule has 3 aliphatic heterocycles. The number of tetrazole rings is 1. The Balaban J connectivity index is 1.22. The molecule has 9 nitrogen and oxygen atoms in total. The summed E-state index contributed by atoms with van der Waals surface area (Å²) in [5.41, 5.74) is 1.26. The second-order valence-corrected chi connectivity index (χ2v) is 9.04. The Labute approximate surface area is 183 Å². The predicted molar refractivity (Wildman–Crippen MR) is 114 cm³/mol. The minimum Gasteiger partial charge on any atom is -0.454 e. The van der Waals surface area contributed by atoms with Crippen LogP contribution < -0.4 is 9.47 Å². The van der Waals surface area contributed by atoms with Gasteiger partial charge in [0.05, 0.1) is 18.7 Å². The first kappa shape index (κ1) is 20.7. The molecule has 5 rings (SSSR count). The van der Waals surface area contributed by atoms with Gasteiger partial charge in [0, 0.05) is 39.3 Å². The lowest BCUT2D eigenvalue weighted by Crippen LogP contribution is -2.48. The van der Waals surface area contributed by atoms with E-state index in [-0.39, 0.29) is 12.1 Å². The number of hydrogen-bond acceptors (Lipinski definition) is 8. The summed E-state index contributed by atoms with van der Waals surface area (Å²) in [5, 5.41) is 12.7. The number of hydrogen-bond donors (Lipinski definition) is 0.